The molecule has 2 nitrogen and oxygen atoms in total. The average molecular weight is 185 g/mol. The van der Waals surface area contributed by atoms with Gasteiger partial charge in [0.05, 0.1) is 12.7 Å². The zero-order valence-electron chi connectivity index (χ0n) is 8.96. The van der Waals surface area contributed by atoms with Crippen LogP contribution in [0.3, 0.4) is 0 Å². The summed E-state index contributed by atoms with van der Waals surface area (Å²) in [5.41, 5.74) is 5.65. The van der Waals surface area contributed by atoms with E-state index < -0.39 is 0 Å². The van der Waals surface area contributed by atoms with Crippen LogP contribution in [0.5, 0.6) is 0 Å². The molecule has 2 N–H and O–H groups in total. The van der Waals surface area contributed by atoms with Crippen molar-refractivity contribution in [1.29, 1.82) is 0 Å². The maximum absolute atomic E-state index is 5.75. The van der Waals surface area contributed by atoms with E-state index in [1.807, 2.05) is 6.92 Å². The summed E-state index contributed by atoms with van der Waals surface area (Å²) in [6, 6.07) is 0.182. The highest BCUT2D eigenvalue weighted by molar-refractivity contribution is 4.72. The molecule has 13 heavy (non-hydrogen) atoms. The van der Waals surface area contributed by atoms with Gasteiger partial charge in [0, 0.05) is 6.04 Å². The highest BCUT2D eigenvalue weighted by Gasteiger charge is 2.21. The molecule has 1 aliphatic rings. The van der Waals surface area contributed by atoms with Crippen molar-refractivity contribution in [2.45, 2.75) is 58.1 Å². The SMILES string of the molecule is CCC1CCCC(OCC(C)N)C1. The van der Waals surface area contributed by atoms with Crippen molar-refractivity contribution in [2.75, 3.05) is 6.61 Å². The minimum Gasteiger partial charge on any atom is -0.377 e. The van der Waals surface area contributed by atoms with Crippen LogP contribution in [0, 0.1) is 5.92 Å². The molecule has 3 atom stereocenters. The summed E-state index contributed by atoms with van der Waals surface area (Å²) >= 11 is 0. The Morgan fingerprint density at radius 3 is 2.85 bits per heavy atom. The number of rotatable bonds is 4. The Bertz CT molecular complexity index is 136. The summed E-state index contributed by atoms with van der Waals surface area (Å²) in [6.45, 7) is 5.00. The first-order chi connectivity index (χ1) is 6.22. The molecule has 0 saturated heterocycles. The first-order valence-corrected chi connectivity index (χ1v) is 5.59. The quantitative estimate of drug-likeness (QED) is 0.729. The molecule has 1 saturated carbocycles. The maximum atomic E-state index is 5.75. The lowest BCUT2D eigenvalue weighted by atomic mass is 9.85. The second-order valence-corrected chi connectivity index (χ2v) is 4.37. The molecule has 0 bridgehead atoms. The Kier molecular flexibility index (Phi) is 4.74. The topological polar surface area (TPSA) is 35.2 Å². The van der Waals surface area contributed by atoms with Gasteiger partial charge < -0.3 is 10.5 Å². The Morgan fingerprint density at radius 1 is 1.46 bits per heavy atom. The number of nitrogens with two attached hydrogens (primary N) is 1. The number of hydrogen-bond acceptors (Lipinski definition) is 2. The largest absolute Gasteiger partial charge is 0.377 e. The van der Waals surface area contributed by atoms with Crippen LogP contribution >= 0.6 is 0 Å². The van der Waals surface area contributed by atoms with E-state index in [1.54, 1.807) is 0 Å². The van der Waals surface area contributed by atoms with Crippen molar-refractivity contribution in [3.63, 3.8) is 0 Å². The predicted octanol–water partition coefficient (Wildman–Crippen LogP) is 2.32. The smallest absolute Gasteiger partial charge is 0.0618 e. The second kappa shape index (κ2) is 5.61. The second-order valence-electron chi connectivity index (χ2n) is 4.37. The zero-order valence-corrected chi connectivity index (χ0v) is 8.96. The third-order valence-corrected chi connectivity index (χ3v) is 2.91. The monoisotopic (exact) mass is 185 g/mol. The van der Waals surface area contributed by atoms with Gasteiger partial charge in [-0.15, -0.1) is 0 Å². The average Bonchev–Trinajstić information content (AvgIpc) is 2.15. The summed E-state index contributed by atoms with van der Waals surface area (Å²) in [6.07, 6.45) is 7.02. The van der Waals surface area contributed by atoms with E-state index >= 15 is 0 Å². The third-order valence-electron chi connectivity index (χ3n) is 2.91. The van der Waals surface area contributed by atoms with E-state index in [9.17, 15) is 0 Å². The summed E-state index contributed by atoms with van der Waals surface area (Å²) in [7, 11) is 0. The maximum Gasteiger partial charge on any atom is 0.0618 e. The van der Waals surface area contributed by atoms with Crippen LogP contribution in [0.25, 0.3) is 0 Å². The summed E-state index contributed by atoms with van der Waals surface area (Å²) < 4.78 is 5.75. The first-order valence-electron chi connectivity index (χ1n) is 5.59. The van der Waals surface area contributed by atoms with Crippen LogP contribution in [0.4, 0.5) is 0 Å². The van der Waals surface area contributed by atoms with Crippen molar-refractivity contribution in [1.82, 2.24) is 0 Å². The lowest BCUT2D eigenvalue weighted by molar-refractivity contribution is 0.00768. The minimum absolute atomic E-state index is 0.182. The van der Waals surface area contributed by atoms with Gasteiger partial charge >= 0.3 is 0 Å². The molecule has 0 aromatic carbocycles. The standard InChI is InChI=1S/C11H23NO/c1-3-10-5-4-6-11(7-10)13-8-9(2)12/h9-11H,3-8,12H2,1-2H3. The van der Waals surface area contributed by atoms with E-state index in [0.29, 0.717) is 6.10 Å². The van der Waals surface area contributed by atoms with Gasteiger partial charge in [-0.1, -0.05) is 26.2 Å². The summed E-state index contributed by atoms with van der Waals surface area (Å²) in [4.78, 5) is 0. The fourth-order valence-electron chi connectivity index (χ4n) is 2.05. The Balaban J connectivity index is 2.18. The Hall–Kier alpha value is -0.0800. The van der Waals surface area contributed by atoms with Gasteiger partial charge in [0.15, 0.2) is 0 Å². The normalized spacial score (nSPS) is 31.6. The number of ether oxygens (including phenoxy) is 1. The molecule has 0 aromatic rings. The van der Waals surface area contributed by atoms with Crippen LogP contribution in [0.2, 0.25) is 0 Å². The van der Waals surface area contributed by atoms with Gasteiger partial charge in [0.2, 0.25) is 0 Å². The molecular weight excluding hydrogens is 162 g/mol. The molecule has 0 aromatic heterocycles. The Labute approximate surface area is 81.8 Å². The molecule has 0 spiro atoms. The molecule has 0 aliphatic heterocycles. The molecule has 0 amide bonds. The van der Waals surface area contributed by atoms with Crippen LogP contribution in [-0.4, -0.2) is 18.8 Å². The van der Waals surface area contributed by atoms with Crippen molar-refractivity contribution in [3.8, 4) is 0 Å². The van der Waals surface area contributed by atoms with Gasteiger partial charge in [-0.05, 0) is 25.7 Å². The van der Waals surface area contributed by atoms with Crippen molar-refractivity contribution in [3.05, 3.63) is 0 Å². The predicted molar refractivity (Wildman–Crippen MR) is 55.6 cm³/mol. The van der Waals surface area contributed by atoms with Crippen LogP contribution in [0.1, 0.15) is 46.0 Å². The number of hydrogen-bond donors (Lipinski definition) is 1. The van der Waals surface area contributed by atoms with E-state index in [-0.39, 0.29) is 6.04 Å². The fraction of sp³-hybridized carbons (Fsp3) is 1.00. The van der Waals surface area contributed by atoms with Gasteiger partial charge in [-0.2, -0.15) is 0 Å². The minimum atomic E-state index is 0.182. The molecule has 1 rings (SSSR count). The van der Waals surface area contributed by atoms with E-state index in [0.717, 1.165) is 12.5 Å². The van der Waals surface area contributed by atoms with Gasteiger partial charge in [0.1, 0.15) is 0 Å². The first kappa shape index (κ1) is 11.0. The van der Waals surface area contributed by atoms with Crippen molar-refractivity contribution in [2.24, 2.45) is 11.7 Å². The summed E-state index contributed by atoms with van der Waals surface area (Å²) in [5, 5.41) is 0. The molecule has 1 fully saturated rings. The fourth-order valence-corrected chi connectivity index (χ4v) is 2.05. The van der Waals surface area contributed by atoms with Crippen LogP contribution in [0.15, 0.2) is 0 Å². The molecule has 2 heteroatoms. The van der Waals surface area contributed by atoms with E-state index in [4.69, 9.17) is 10.5 Å². The molecule has 78 valence electrons. The van der Waals surface area contributed by atoms with Gasteiger partial charge in [-0.3, -0.25) is 0 Å². The summed E-state index contributed by atoms with van der Waals surface area (Å²) in [5.74, 6) is 0.895. The highest BCUT2D eigenvalue weighted by atomic mass is 16.5. The Morgan fingerprint density at radius 2 is 2.23 bits per heavy atom. The van der Waals surface area contributed by atoms with Gasteiger partial charge in [-0.25, -0.2) is 0 Å². The molecule has 1 aliphatic carbocycles. The van der Waals surface area contributed by atoms with Crippen LogP contribution < -0.4 is 5.73 Å². The van der Waals surface area contributed by atoms with E-state index in [1.165, 1.54) is 32.1 Å². The third kappa shape index (κ3) is 4.10. The lowest BCUT2D eigenvalue weighted by Gasteiger charge is -2.28. The molecule has 3 unspecified atom stereocenters. The van der Waals surface area contributed by atoms with Crippen molar-refractivity contribution < 1.29 is 4.74 Å². The molecule has 0 heterocycles. The lowest BCUT2D eigenvalue weighted by Crippen LogP contribution is -2.29. The van der Waals surface area contributed by atoms with E-state index in [2.05, 4.69) is 6.92 Å². The van der Waals surface area contributed by atoms with Crippen LogP contribution in [-0.2, 0) is 4.74 Å². The highest BCUT2D eigenvalue weighted by Crippen LogP contribution is 2.28. The zero-order chi connectivity index (χ0) is 9.68. The van der Waals surface area contributed by atoms with Crippen molar-refractivity contribution >= 4 is 0 Å². The molecular formula is C11H23NO. The molecule has 0 radical (unpaired) electrons. The van der Waals surface area contributed by atoms with Gasteiger partial charge in [0.25, 0.3) is 0 Å².